The summed E-state index contributed by atoms with van der Waals surface area (Å²) < 4.78 is 2.65. The van der Waals surface area contributed by atoms with Gasteiger partial charge in [0.25, 0.3) is 5.56 Å². The Hall–Kier alpha value is -2.89. The fourth-order valence-corrected chi connectivity index (χ4v) is 2.51. The van der Waals surface area contributed by atoms with Crippen molar-refractivity contribution in [1.29, 1.82) is 0 Å². The van der Waals surface area contributed by atoms with Crippen LogP contribution < -0.4 is 11.2 Å². The van der Waals surface area contributed by atoms with Crippen molar-refractivity contribution in [3.63, 3.8) is 0 Å². The van der Waals surface area contributed by atoms with E-state index in [-0.39, 0.29) is 11.2 Å². The summed E-state index contributed by atoms with van der Waals surface area (Å²) in [5.74, 6) is 0.546. The van der Waals surface area contributed by atoms with Crippen molar-refractivity contribution in [1.82, 2.24) is 19.1 Å². The first-order valence-corrected chi connectivity index (χ1v) is 7.54. The van der Waals surface area contributed by atoms with Crippen molar-refractivity contribution < 1.29 is 0 Å². The molecule has 2 heterocycles. The monoisotopic (exact) mass is 310 g/mol. The molecule has 3 rings (SSSR count). The Labute approximate surface area is 132 Å². The Morgan fingerprint density at radius 2 is 1.91 bits per heavy atom. The molecule has 0 saturated heterocycles. The summed E-state index contributed by atoms with van der Waals surface area (Å²) in [4.78, 5) is 32.0. The highest BCUT2D eigenvalue weighted by molar-refractivity contribution is 5.75. The van der Waals surface area contributed by atoms with Crippen LogP contribution in [0.15, 0.2) is 39.9 Å². The normalized spacial score (nSPS) is 11.6. The maximum absolute atomic E-state index is 12.4. The molecule has 1 N–H and O–H groups in total. The molecule has 0 aliphatic rings. The fraction of sp³-hybridized carbons (Fsp3) is 0.235. The molecule has 0 amide bonds. The van der Waals surface area contributed by atoms with Gasteiger partial charge in [-0.3, -0.25) is 13.9 Å². The van der Waals surface area contributed by atoms with Crippen LogP contribution >= 0.6 is 0 Å². The summed E-state index contributed by atoms with van der Waals surface area (Å²) in [5, 5.41) is 0. The first kappa shape index (κ1) is 15.0. The quantitative estimate of drug-likeness (QED) is 0.801. The minimum atomic E-state index is -0.338. The predicted molar refractivity (Wildman–Crippen MR) is 91.3 cm³/mol. The molecule has 0 aliphatic heterocycles. The minimum absolute atomic E-state index is 0.322. The van der Waals surface area contributed by atoms with Crippen LogP contribution in [-0.2, 0) is 13.6 Å². The number of aromatic amines is 1. The third-order valence-corrected chi connectivity index (χ3v) is 3.68. The van der Waals surface area contributed by atoms with Gasteiger partial charge in [-0.05, 0) is 18.1 Å². The Bertz CT molecular complexity index is 977. The number of aromatic nitrogens is 4. The lowest BCUT2D eigenvalue weighted by Crippen LogP contribution is -2.39. The summed E-state index contributed by atoms with van der Waals surface area (Å²) in [6, 6.07) is 9.80. The van der Waals surface area contributed by atoms with E-state index in [0.29, 0.717) is 23.5 Å². The van der Waals surface area contributed by atoms with Gasteiger partial charge in [-0.25, -0.2) is 9.78 Å². The van der Waals surface area contributed by atoms with Crippen molar-refractivity contribution >= 4 is 23.3 Å². The van der Waals surface area contributed by atoms with E-state index in [1.165, 1.54) is 9.13 Å². The summed E-state index contributed by atoms with van der Waals surface area (Å²) in [5.41, 5.74) is 1.10. The second kappa shape index (κ2) is 6.08. The predicted octanol–water partition coefficient (Wildman–Crippen LogP) is 2.00. The Morgan fingerprint density at radius 1 is 1.17 bits per heavy atom. The molecular formula is C17H18N4O2. The zero-order chi connectivity index (χ0) is 16.4. The van der Waals surface area contributed by atoms with Crippen LogP contribution in [0.1, 0.15) is 24.7 Å². The molecule has 0 aliphatic carbocycles. The number of fused-ring (bicyclic) bond motifs is 1. The molecule has 0 radical (unpaired) electrons. The molecule has 0 saturated carbocycles. The topological polar surface area (TPSA) is 72.7 Å². The van der Waals surface area contributed by atoms with E-state index in [4.69, 9.17) is 0 Å². The van der Waals surface area contributed by atoms with Gasteiger partial charge in [0.2, 0.25) is 0 Å². The van der Waals surface area contributed by atoms with E-state index in [9.17, 15) is 9.59 Å². The first-order chi connectivity index (χ1) is 11.1. The van der Waals surface area contributed by atoms with Crippen LogP contribution in [-0.4, -0.2) is 19.1 Å². The van der Waals surface area contributed by atoms with Gasteiger partial charge in [0.1, 0.15) is 11.3 Å². The Morgan fingerprint density at radius 3 is 2.61 bits per heavy atom. The lowest BCUT2D eigenvalue weighted by atomic mass is 10.2. The van der Waals surface area contributed by atoms with Crippen molar-refractivity contribution in [3.8, 4) is 0 Å². The Balaban J connectivity index is 2.11. The van der Waals surface area contributed by atoms with Gasteiger partial charge in [-0.15, -0.1) is 0 Å². The van der Waals surface area contributed by atoms with E-state index in [0.717, 1.165) is 12.0 Å². The number of H-pyrrole nitrogens is 1. The maximum Gasteiger partial charge on any atom is 0.332 e. The van der Waals surface area contributed by atoms with Crippen molar-refractivity contribution in [2.24, 2.45) is 7.05 Å². The van der Waals surface area contributed by atoms with E-state index in [2.05, 4.69) is 9.97 Å². The largest absolute Gasteiger partial charge is 0.333 e. The number of nitrogens with zero attached hydrogens (tertiary/aromatic N) is 3. The number of rotatable bonds is 4. The van der Waals surface area contributed by atoms with Gasteiger partial charge < -0.3 is 4.98 Å². The van der Waals surface area contributed by atoms with E-state index in [1.54, 1.807) is 13.1 Å². The van der Waals surface area contributed by atoms with Gasteiger partial charge in [0, 0.05) is 13.6 Å². The molecular weight excluding hydrogens is 292 g/mol. The SMILES string of the molecule is CCCn1c(=O)c2[nH]c(/C=C/c3ccccc3)nc2n(C)c1=O. The summed E-state index contributed by atoms with van der Waals surface area (Å²) in [6.45, 7) is 2.33. The van der Waals surface area contributed by atoms with Crippen molar-refractivity contribution in [2.75, 3.05) is 0 Å². The third-order valence-electron chi connectivity index (χ3n) is 3.68. The highest BCUT2D eigenvalue weighted by Crippen LogP contribution is 2.09. The zero-order valence-electron chi connectivity index (χ0n) is 13.1. The summed E-state index contributed by atoms with van der Waals surface area (Å²) >= 11 is 0. The zero-order valence-corrected chi connectivity index (χ0v) is 13.1. The number of benzene rings is 1. The maximum atomic E-state index is 12.4. The van der Waals surface area contributed by atoms with Gasteiger partial charge in [0.15, 0.2) is 5.65 Å². The Kier molecular flexibility index (Phi) is 3.97. The van der Waals surface area contributed by atoms with E-state index < -0.39 is 0 Å². The third kappa shape index (κ3) is 2.75. The molecule has 2 aromatic heterocycles. The highest BCUT2D eigenvalue weighted by Gasteiger charge is 2.13. The van der Waals surface area contributed by atoms with E-state index >= 15 is 0 Å². The molecule has 0 bridgehead atoms. The molecule has 3 aromatic rings. The molecule has 0 unspecified atom stereocenters. The van der Waals surface area contributed by atoms with Crippen LogP contribution in [0, 0.1) is 0 Å². The molecule has 23 heavy (non-hydrogen) atoms. The molecule has 6 heteroatoms. The molecule has 0 spiro atoms. The standard InChI is InChI=1S/C17H18N4O2/c1-3-11-21-16(22)14-15(20(2)17(21)23)19-13(18-14)10-9-12-7-5-4-6-8-12/h4-10H,3,11H2,1-2H3,(H,18,19)/b10-9+. The van der Waals surface area contributed by atoms with Crippen LogP contribution in [0.2, 0.25) is 0 Å². The lowest BCUT2D eigenvalue weighted by molar-refractivity contribution is 0.593. The minimum Gasteiger partial charge on any atom is -0.333 e. The number of nitrogens with one attached hydrogen (secondary N) is 1. The second-order valence-electron chi connectivity index (χ2n) is 5.36. The molecule has 0 fully saturated rings. The van der Waals surface area contributed by atoms with Crippen molar-refractivity contribution in [2.45, 2.75) is 19.9 Å². The molecule has 118 valence electrons. The summed E-state index contributed by atoms with van der Waals surface area (Å²) in [6.07, 6.45) is 4.42. The van der Waals surface area contributed by atoms with Gasteiger partial charge in [0.05, 0.1) is 0 Å². The van der Waals surface area contributed by atoms with Gasteiger partial charge in [-0.2, -0.15) is 0 Å². The fourth-order valence-electron chi connectivity index (χ4n) is 2.51. The van der Waals surface area contributed by atoms with Crippen LogP contribution in [0.4, 0.5) is 0 Å². The smallest absolute Gasteiger partial charge is 0.332 e. The van der Waals surface area contributed by atoms with Gasteiger partial charge in [-0.1, -0.05) is 43.3 Å². The number of hydrogen-bond donors (Lipinski definition) is 1. The first-order valence-electron chi connectivity index (χ1n) is 7.54. The van der Waals surface area contributed by atoms with Crippen LogP contribution in [0.25, 0.3) is 23.3 Å². The average Bonchev–Trinajstić information content (AvgIpc) is 3.00. The molecule has 0 atom stereocenters. The average molecular weight is 310 g/mol. The van der Waals surface area contributed by atoms with Crippen molar-refractivity contribution in [3.05, 3.63) is 62.6 Å². The lowest BCUT2D eigenvalue weighted by Gasteiger charge is -2.05. The number of imidazole rings is 1. The highest BCUT2D eigenvalue weighted by atomic mass is 16.2. The van der Waals surface area contributed by atoms with Gasteiger partial charge >= 0.3 is 5.69 Å². The number of hydrogen-bond acceptors (Lipinski definition) is 3. The molecule has 6 nitrogen and oxygen atoms in total. The van der Waals surface area contributed by atoms with Crippen LogP contribution in [0.5, 0.6) is 0 Å². The molecule has 1 aromatic carbocycles. The van der Waals surface area contributed by atoms with Crippen LogP contribution in [0.3, 0.4) is 0 Å². The number of aryl methyl sites for hydroxylation is 1. The second-order valence-corrected chi connectivity index (χ2v) is 5.36. The van der Waals surface area contributed by atoms with E-state index in [1.807, 2.05) is 43.3 Å². The summed E-state index contributed by atoms with van der Waals surface area (Å²) in [7, 11) is 1.63.